The zero-order valence-corrected chi connectivity index (χ0v) is 10.7. The van der Waals surface area contributed by atoms with Crippen LogP contribution in [0.2, 0.25) is 0 Å². The Kier molecular flexibility index (Phi) is 5.45. The van der Waals surface area contributed by atoms with Crippen molar-refractivity contribution in [2.24, 2.45) is 5.73 Å². The quantitative estimate of drug-likeness (QED) is 0.893. The number of nitrogens with two attached hydrogens (primary N) is 1. The Morgan fingerprint density at radius 1 is 1.29 bits per heavy atom. The van der Waals surface area contributed by atoms with Crippen molar-refractivity contribution in [1.29, 1.82) is 0 Å². The van der Waals surface area contributed by atoms with Gasteiger partial charge in [0.15, 0.2) is 0 Å². The van der Waals surface area contributed by atoms with E-state index in [1.807, 2.05) is 11.0 Å². The molecule has 1 aliphatic heterocycles. The monoisotopic (exact) mass is 254 g/mol. The van der Waals surface area contributed by atoms with Crippen LogP contribution in [0.5, 0.6) is 0 Å². The van der Waals surface area contributed by atoms with Crippen LogP contribution in [-0.4, -0.2) is 23.9 Å². The Morgan fingerprint density at radius 3 is 2.71 bits per heavy atom. The average molecular weight is 255 g/mol. The van der Waals surface area contributed by atoms with Gasteiger partial charge in [-0.25, -0.2) is 0 Å². The van der Waals surface area contributed by atoms with Crippen molar-refractivity contribution in [2.75, 3.05) is 13.1 Å². The maximum atomic E-state index is 11.8. The van der Waals surface area contributed by atoms with E-state index < -0.39 is 0 Å². The average Bonchev–Trinajstić information content (AvgIpc) is 2.35. The lowest BCUT2D eigenvalue weighted by Crippen LogP contribution is -2.36. The van der Waals surface area contributed by atoms with Crippen molar-refractivity contribution in [3.63, 3.8) is 0 Å². The molecule has 1 aliphatic rings. The van der Waals surface area contributed by atoms with E-state index in [0.29, 0.717) is 13.0 Å². The zero-order valence-electron chi connectivity index (χ0n) is 9.89. The molecule has 0 aromatic heterocycles. The summed E-state index contributed by atoms with van der Waals surface area (Å²) in [5, 5.41) is 0. The second-order valence-corrected chi connectivity index (χ2v) is 4.23. The first-order chi connectivity index (χ1) is 7.81. The molecule has 1 heterocycles. The molecule has 1 aromatic rings. The normalized spacial score (nSPS) is 13.8. The number of fused-ring (bicyclic) bond motifs is 1. The first kappa shape index (κ1) is 14.0. The molecule has 17 heavy (non-hydrogen) atoms. The van der Waals surface area contributed by atoms with Crippen molar-refractivity contribution >= 4 is 18.3 Å². The van der Waals surface area contributed by atoms with Gasteiger partial charge in [-0.2, -0.15) is 0 Å². The third-order valence-electron chi connectivity index (χ3n) is 3.08. The molecule has 0 spiro atoms. The summed E-state index contributed by atoms with van der Waals surface area (Å²) >= 11 is 0. The molecule has 0 bridgehead atoms. The number of benzene rings is 1. The Bertz CT molecular complexity index is 381. The fourth-order valence-corrected chi connectivity index (χ4v) is 2.12. The van der Waals surface area contributed by atoms with Gasteiger partial charge < -0.3 is 10.6 Å². The molecule has 94 valence electrons. The van der Waals surface area contributed by atoms with Crippen LogP contribution in [0.25, 0.3) is 0 Å². The van der Waals surface area contributed by atoms with Crippen LogP contribution >= 0.6 is 12.4 Å². The van der Waals surface area contributed by atoms with Gasteiger partial charge in [-0.3, -0.25) is 4.79 Å². The lowest BCUT2D eigenvalue weighted by Gasteiger charge is -2.28. The number of hydrogen-bond acceptors (Lipinski definition) is 2. The molecule has 0 unspecified atom stereocenters. The van der Waals surface area contributed by atoms with E-state index in [0.717, 1.165) is 25.9 Å². The van der Waals surface area contributed by atoms with E-state index in [1.54, 1.807) is 0 Å². The standard InChI is InChI=1S/C13H18N2O.ClH/c14-8-3-6-13(16)15-9-7-11-4-1-2-5-12(11)10-15;/h1-2,4-5H,3,6-10,14H2;1H. The molecule has 3 nitrogen and oxygen atoms in total. The predicted molar refractivity (Wildman–Crippen MR) is 71.1 cm³/mol. The van der Waals surface area contributed by atoms with Crippen molar-refractivity contribution in [1.82, 2.24) is 4.90 Å². The Hall–Kier alpha value is -1.06. The smallest absolute Gasteiger partial charge is 0.222 e. The molecule has 0 radical (unpaired) electrons. The number of rotatable bonds is 3. The molecule has 0 saturated carbocycles. The molecule has 0 fully saturated rings. The summed E-state index contributed by atoms with van der Waals surface area (Å²) in [5.74, 6) is 0.236. The van der Waals surface area contributed by atoms with Crippen LogP contribution in [0, 0.1) is 0 Å². The Balaban J connectivity index is 0.00000144. The van der Waals surface area contributed by atoms with Crippen LogP contribution in [0.1, 0.15) is 24.0 Å². The van der Waals surface area contributed by atoms with E-state index in [1.165, 1.54) is 11.1 Å². The SMILES string of the molecule is Cl.NCCCC(=O)N1CCc2ccccc2C1. The van der Waals surface area contributed by atoms with Crippen molar-refractivity contribution in [3.05, 3.63) is 35.4 Å². The minimum Gasteiger partial charge on any atom is -0.338 e. The number of carbonyl (C=O) groups excluding carboxylic acids is 1. The van der Waals surface area contributed by atoms with Crippen molar-refractivity contribution in [2.45, 2.75) is 25.8 Å². The molecule has 4 heteroatoms. The topological polar surface area (TPSA) is 46.3 Å². The van der Waals surface area contributed by atoms with Gasteiger partial charge in [0, 0.05) is 19.5 Å². The molecule has 0 aliphatic carbocycles. The van der Waals surface area contributed by atoms with Gasteiger partial charge in [0.2, 0.25) is 5.91 Å². The van der Waals surface area contributed by atoms with Gasteiger partial charge in [0.05, 0.1) is 0 Å². The van der Waals surface area contributed by atoms with Crippen LogP contribution < -0.4 is 5.73 Å². The van der Waals surface area contributed by atoms with E-state index in [2.05, 4.69) is 18.2 Å². The summed E-state index contributed by atoms with van der Waals surface area (Å²) in [5.41, 5.74) is 8.08. The van der Waals surface area contributed by atoms with Gasteiger partial charge in [0.25, 0.3) is 0 Å². The molecular weight excluding hydrogens is 236 g/mol. The first-order valence-electron chi connectivity index (χ1n) is 5.86. The predicted octanol–water partition coefficient (Wildman–Crippen LogP) is 1.73. The second kappa shape index (κ2) is 6.62. The van der Waals surface area contributed by atoms with Crippen molar-refractivity contribution in [3.8, 4) is 0 Å². The highest BCUT2D eigenvalue weighted by Crippen LogP contribution is 2.19. The highest BCUT2D eigenvalue weighted by atomic mass is 35.5. The van der Waals surface area contributed by atoms with Crippen LogP contribution in [-0.2, 0) is 17.8 Å². The van der Waals surface area contributed by atoms with Crippen molar-refractivity contribution < 1.29 is 4.79 Å². The second-order valence-electron chi connectivity index (χ2n) is 4.23. The summed E-state index contributed by atoms with van der Waals surface area (Å²) in [4.78, 5) is 13.8. The molecule has 2 rings (SSSR count). The minimum absolute atomic E-state index is 0. The first-order valence-corrected chi connectivity index (χ1v) is 5.86. The fourth-order valence-electron chi connectivity index (χ4n) is 2.12. The maximum absolute atomic E-state index is 11.8. The van der Waals surface area contributed by atoms with Gasteiger partial charge in [0.1, 0.15) is 0 Å². The summed E-state index contributed by atoms with van der Waals surface area (Å²) in [6.07, 6.45) is 2.35. The number of hydrogen-bond donors (Lipinski definition) is 1. The third kappa shape index (κ3) is 3.45. The maximum Gasteiger partial charge on any atom is 0.222 e. The van der Waals surface area contributed by atoms with Gasteiger partial charge >= 0.3 is 0 Å². The highest BCUT2D eigenvalue weighted by Gasteiger charge is 2.19. The van der Waals surface area contributed by atoms with E-state index in [4.69, 9.17) is 5.73 Å². The molecule has 1 amide bonds. The Morgan fingerprint density at radius 2 is 2.00 bits per heavy atom. The van der Waals surface area contributed by atoms with E-state index in [-0.39, 0.29) is 18.3 Å². The molecular formula is C13H19ClN2O. The van der Waals surface area contributed by atoms with Crippen LogP contribution in [0.15, 0.2) is 24.3 Å². The molecule has 1 aromatic carbocycles. The van der Waals surface area contributed by atoms with Gasteiger partial charge in [-0.05, 0) is 30.5 Å². The number of carbonyl (C=O) groups is 1. The fraction of sp³-hybridized carbons (Fsp3) is 0.462. The minimum atomic E-state index is 0. The number of nitrogens with zero attached hydrogens (tertiary/aromatic N) is 1. The lowest BCUT2D eigenvalue weighted by molar-refractivity contribution is -0.132. The molecule has 0 saturated heterocycles. The Labute approximate surface area is 108 Å². The summed E-state index contributed by atoms with van der Waals surface area (Å²) in [7, 11) is 0. The third-order valence-corrected chi connectivity index (χ3v) is 3.08. The van der Waals surface area contributed by atoms with Crippen LogP contribution in [0.3, 0.4) is 0 Å². The summed E-state index contributed by atoms with van der Waals surface area (Å²) < 4.78 is 0. The molecule has 2 N–H and O–H groups in total. The zero-order chi connectivity index (χ0) is 11.4. The number of halogens is 1. The van der Waals surface area contributed by atoms with Crippen LogP contribution in [0.4, 0.5) is 0 Å². The largest absolute Gasteiger partial charge is 0.338 e. The summed E-state index contributed by atoms with van der Waals surface area (Å²) in [6, 6.07) is 8.35. The van der Waals surface area contributed by atoms with Gasteiger partial charge in [-0.1, -0.05) is 24.3 Å². The van der Waals surface area contributed by atoms with Gasteiger partial charge in [-0.15, -0.1) is 12.4 Å². The number of amides is 1. The van der Waals surface area contributed by atoms with E-state index in [9.17, 15) is 4.79 Å². The van der Waals surface area contributed by atoms with E-state index >= 15 is 0 Å². The summed E-state index contributed by atoms with van der Waals surface area (Å²) in [6.45, 7) is 2.20. The highest BCUT2D eigenvalue weighted by molar-refractivity contribution is 5.85. The molecule has 0 atom stereocenters. The lowest BCUT2D eigenvalue weighted by atomic mass is 9.99.